The first-order chi connectivity index (χ1) is 13.7. The summed E-state index contributed by atoms with van der Waals surface area (Å²) in [5.41, 5.74) is 2.73. The molecule has 0 atom stereocenters. The Labute approximate surface area is 165 Å². The van der Waals surface area contributed by atoms with Gasteiger partial charge in [0.25, 0.3) is 5.91 Å². The van der Waals surface area contributed by atoms with Crippen LogP contribution in [-0.2, 0) is 15.9 Å². The fourth-order valence-corrected chi connectivity index (χ4v) is 3.71. The minimum atomic E-state index is -0.467. The van der Waals surface area contributed by atoms with Gasteiger partial charge in [0.1, 0.15) is 5.69 Å². The van der Waals surface area contributed by atoms with Gasteiger partial charge in [-0.05, 0) is 36.2 Å². The van der Waals surface area contributed by atoms with Gasteiger partial charge in [0, 0.05) is 51.9 Å². The molecule has 1 spiro atoms. The molecule has 7 heteroatoms. The molecular formula is C21H26N4O3. The van der Waals surface area contributed by atoms with Crippen LogP contribution in [0.15, 0.2) is 42.9 Å². The van der Waals surface area contributed by atoms with Gasteiger partial charge in [0.2, 0.25) is 0 Å². The second-order valence-electron chi connectivity index (χ2n) is 7.33. The number of carbonyl (C=O) groups is 1. The number of carbonyl (C=O) groups excluding carboxylic acids is 1. The fraction of sp³-hybridized carbons (Fsp3) is 0.476. The largest absolute Gasteiger partial charge is 0.373 e. The summed E-state index contributed by atoms with van der Waals surface area (Å²) in [4.78, 5) is 25.2. The van der Waals surface area contributed by atoms with Crippen molar-refractivity contribution in [3.05, 3.63) is 54.1 Å². The Balaban J connectivity index is 1.31. The van der Waals surface area contributed by atoms with Crippen molar-refractivity contribution in [3.8, 4) is 0 Å². The Bertz CT molecular complexity index is 781. The molecular weight excluding hydrogens is 356 g/mol. The van der Waals surface area contributed by atoms with Crippen LogP contribution in [0.2, 0.25) is 0 Å². The number of pyridine rings is 2. The average molecular weight is 382 g/mol. The standard InChI is InChI=1S/C21H26N4O3/c1-24(11-6-17-4-9-22-10-5-17)18-2-3-19(23-16-18)20(26)25-12-7-21(8-13-25)27-14-15-28-21/h2-5,9-10,16H,6-8,11-15H2,1H3. The molecule has 28 heavy (non-hydrogen) atoms. The first-order valence-electron chi connectivity index (χ1n) is 9.79. The zero-order valence-corrected chi connectivity index (χ0v) is 16.2. The summed E-state index contributed by atoms with van der Waals surface area (Å²) in [5, 5.41) is 0. The lowest BCUT2D eigenvalue weighted by Crippen LogP contribution is -2.47. The zero-order valence-electron chi connectivity index (χ0n) is 16.2. The molecule has 2 aliphatic rings. The SMILES string of the molecule is CN(CCc1ccncc1)c1ccc(C(=O)N2CCC3(CC2)OCCO3)nc1. The predicted octanol–water partition coefficient (Wildman–Crippen LogP) is 2.13. The molecule has 148 valence electrons. The highest BCUT2D eigenvalue weighted by atomic mass is 16.7. The first-order valence-corrected chi connectivity index (χ1v) is 9.79. The second kappa shape index (κ2) is 8.24. The molecule has 1 amide bonds. The third-order valence-corrected chi connectivity index (χ3v) is 5.52. The molecule has 0 aromatic carbocycles. The van der Waals surface area contributed by atoms with Gasteiger partial charge < -0.3 is 19.3 Å². The van der Waals surface area contributed by atoms with Crippen LogP contribution in [-0.4, -0.2) is 66.5 Å². The lowest BCUT2D eigenvalue weighted by molar-refractivity contribution is -0.181. The van der Waals surface area contributed by atoms with Gasteiger partial charge in [-0.3, -0.25) is 9.78 Å². The highest BCUT2D eigenvalue weighted by Crippen LogP contribution is 2.31. The Morgan fingerprint density at radius 2 is 1.86 bits per heavy atom. The van der Waals surface area contributed by atoms with Crippen LogP contribution in [0.4, 0.5) is 5.69 Å². The van der Waals surface area contributed by atoms with Crippen molar-refractivity contribution in [1.29, 1.82) is 0 Å². The van der Waals surface area contributed by atoms with E-state index >= 15 is 0 Å². The van der Waals surface area contributed by atoms with Gasteiger partial charge in [-0.1, -0.05) is 0 Å². The van der Waals surface area contributed by atoms with Crippen LogP contribution in [0.25, 0.3) is 0 Å². The smallest absolute Gasteiger partial charge is 0.272 e. The summed E-state index contributed by atoms with van der Waals surface area (Å²) in [6, 6.07) is 7.82. The monoisotopic (exact) mass is 382 g/mol. The normalized spacial score (nSPS) is 18.4. The first kappa shape index (κ1) is 18.8. The summed E-state index contributed by atoms with van der Waals surface area (Å²) < 4.78 is 11.5. The maximum Gasteiger partial charge on any atom is 0.272 e. The molecule has 4 rings (SSSR count). The van der Waals surface area contributed by atoms with Crippen LogP contribution in [0.5, 0.6) is 0 Å². The van der Waals surface area contributed by atoms with E-state index in [9.17, 15) is 4.79 Å². The molecule has 2 fully saturated rings. The predicted molar refractivity (Wildman–Crippen MR) is 105 cm³/mol. The Hall–Kier alpha value is -2.51. The van der Waals surface area contributed by atoms with E-state index in [2.05, 4.69) is 14.9 Å². The zero-order chi connectivity index (χ0) is 19.4. The molecule has 2 saturated heterocycles. The van der Waals surface area contributed by atoms with Crippen molar-refractivity contribution in [2.75, 3.05) is 44.8 Å². The van der Waals surface area contributed by atoms with Gasteiger partial charge in [0.15, 0.2) is 5.79 Å². The maximum absolute atomic E-state index is 12.8. The number of anilines is 1. The number of rotatable bonds is 5. The van der Waals surface area contributed by atoms with Crippen LogP contribution in [0.1, 0.15) is 28.9 Å². The van der Waals surface area contributed by atoms with Crippen molar-refractivity contribution in [1.82, 2.24) is 14.9 Å². The van der Waals surface area contributed by atoms with E-state index in [1.807, 2.05) is 48.6 Å². The number of likely N-dealkylation sites (tertiary alicyclic amines) is 1. The maximum atomic E-state index is 12.8. The Kier molecular flexibility index (Phi) is 5.54. The van der Waals surface area contributed by atoms with Crippen LogP contribution < -0.4 is 4.90 Å². The lowest BCUT2D eigenvalue weighted by Gasteiger charge is -2.37. The Morgan fingerprint density at radius 1 is 1.14 bits per heavy atom. The summed E-state index contributed by atoms with van der Waals surface area (Å²) in [6.07, 6.45) is 7.76. The second-order valence-corrected chi connectivity index (χ2v) is 7.33. The number of piperidine rings is 1. The number of nitrogens with zero attached hydrogens (tertiary/aromatic N) is 4. The third kappa shape index (κ3) is 4.15. The quantitative estimate of drug-likeness (QED) is 0.789. The molecule has 7 nitrogen and oxygen atoms in total. The van der Waals surface area contributed by atoms with Crippen LogP contribution in [0, 0.1) is 0 Å². The van der Waals surface area contributed by atoms with Gasteiger partial charge in [-0.2, -0.15) is 0 Å². The van der Waals surface area contributed by atoms with E-state index in [4.69, 9.17) is 9.47 Å². The summed E-state index contributed by atoms with van der Waals surface area (Å²) in [6.45, 7) is 3.42. The molecule has 0 unspecified atom stereocenters. The van der Waals surface area contributed by atoms with E-state index in [1.165, 1.54) is 5.56 Å². The average Bonchev–Trinajstić information content (AvgIpc) is 3.21. The van der Waals surface area contributed by atoms with E-state index < -0.39 is 5.79 Å². The molecule has 2 aromatic heterocycles. The molecule has 0 aliphatic carbocycles. The van der Waals surface area contributed by atoms with Crippen molar-refractivity contribution in [2.45, 2.75) is 25.0 Å². The molecule has 2 aliphatic heterocycles. The minimum absolute atomic E-state index is 0.0289. The molecule has 4 heterocycles. The number of aromatic nitrogens is 2. The molecule has 0 radical (unpaired) electrons. The van der Waals surface area contributed by atoms with E-state index in [0.29, 0.717) is 44.8 Å². The van der Waals surface area contributed by atoms with E-state index in [0.717, 1.165) is 18.7 Å². The molecule has 0 bridgehead atoms. The number of amides is 1. The highest BCUT2D eigenvalue weighted by Gasteiger charge is 2.41. The topological polar surface area (TPSA) is 67.8 Å². The number of ether oxygens (including phenoxy) is 2. The van der Waals surface area contributed by atoms with Crippen molar-refractivity contribution < 1.29 is 14.3 Å². The third-order valence-electron chi connectivity index (χ3n) is 5.52. The van der Waals surface area contributed by atoms with Crippen LogP contribution >= 0.6 is 0 Å². The van der Waals surface area contributed by atoms with Gasteiger partial charge in [0.05, 0.1) is 25.1 Å². The van der Waals surface area contributed by atoms with Gasteiger partial charge in [-0.25, -0.2) is 4.98 Å². The van der Waals surface area contributed by atoms with Crippen LogP contribution in [0.3, 0.4) is 0 Å². The summed E-state index contributed by atoms with van der Waals surface area (Å²) in [5.74, 6) is -0.496. The van der Waals surface area contributed by atoms with Gasteiger partial charge >= 0.3 is 0 Å². The lowest BCUT2D eigenvalue weighted by atomic mass is 10.0. The van der Waals surface area contributed by atoms with E-state index in [1.54, 1.807) is 6.20 Å². The molecule has 0 saturated carbocycles. The van der Waals surface area contributed by atoms with Crippen molar-refractivity contribution >= 4 is 11.6 Å². The number of hydrogen-bond acceptors (Lipinski definition) is 6. The fourth-order valence-electron chi connectivity index (χ4n) is 3.71. The van der Waals surface area contributed by atoms with Gasteiger partial charge in [-0.15, -0.1) is 0 Å². The van der Waals surface area contributed by atoms with Crippen molar-refractivity contribution in [2.24, 2.45) is 0 Å². The number of hydrogen-bond donors (Lipinski definition) is 0. The summed E-state index contributed by atoms with van der Waals surface area (Å²) >= 11 is 0. The molecule has 2 aromatic rings. The highest BCUT2D eigenvalue weighted by molar-refractivity contribution is 5.92. The summed E-state index contributed by atoms with van der Waals surface area (Å²) in [7, 11) is 2.03. The Morgan fingerprint density at radius 3 is 2.50 bits per heavy atom. The van der Waals surface area contributed by atoms with Crippen molar-refractivity contribution in [3.63, 3.8) is 0 Å². The van der Waals surface area contributed by atoms with E-state index in [-0.39, 0.29) is 5.91 Å². The number of likely N-dealkylation sites (N-methyl/N-ethyl adjacent to an activating group) is 1. The molecule has 0 N–H and O–H groups in total. The minimum Gasteiger partial charge on any atom is -0.373 e.